The van der Waals surface area contributed by atoms with Gasteiger partial charge >= 0.3 is 0 Å². The molecule has 0 nitrogen and oxygen atoms in total. The van der Waals surface area contributed by atoms with Gasteiger partial charge in [0.15, 0.2) is 0 Å². The molecule has 4 aromatic rings. The highest BCUT2D eigenvalue weighted by Gasteiger charge is 2.06. The lowest BCUT2D eigenvalue weighted by atomic mass is 10.0. The van der Waals surface area contributed by atoms with Crippen molar-refractivity contribution < 1.29 is 0 Å². The topological polar surface area (TPSA) is 0 Å². The van der Waals surface area contributed by atoms with Crippen LogP contribution < -0.4 is 0 Å². The van der Waals surface area contributed by atoms with E-state index in [0.717, 1.165) is 18.2 Å². The van der Waals surface area contributed by atoms with Crippen LogP contribution in [0, 0.1) is 13.8 Å². The van der Waals surface area contributed by atoms with Crippen LogP contribution >= 0.6 is 31.9 Å². The van der Waals surface area contributed by atoms with Crippen molar-refractivity contribution in [3.63, 3.8) is 0 Å². The molecule has 0 radical (unpaired) electrons. The van der Waals surface area contributed by atoms with Crippen molar-refractivity contribution in [3.8, 4) is 0 Å². The molecule has 174 valence electrons. The van der Waals surface area contributed by atoms with Gasteiger partial charge in [0, 0.05) is 10.2 Å². The lowest BCUT2D eigenvalue weighted by molar-refractivity contribution is 0.813. The zero-order valence-corrected chi connectivity index (χ0v) is 23.1. The van der Waals surface area contributed by atoms with E-state index in [1.807, 2.05) is 0 Å². The van der Waals surface area contributed by atoms with Gasteiger partial charge in [-0.2, -0.15) is 0 Å². The smallest absolute Gasteiger partial charge is 0.0398 e. The van der Waals surface area contributed by atoms with Crippen LogP contribution in [0.2, 0.25) is 0 Å². The molecule has 0 spiro atoms. The predicted octanol–water partition coefficient (Wildman–Crippen LogP) is 10.1. The van der Waals surface area contributed by atoms with Crippen LogP contribution in [0.3, 0.4) is 0 Å². The van der Waals surface area contributed by atoms with Gasteiger partial charge in [0.25, 0.3) is 0 Å². The average Bonchev–Trinajstić information content (AvgIpc) is 2.89. The number of benzene rings is 4. The zero-order valence-electron chi connectivity index (χ0n) is 19.9. The van der Waals surface area contributed by atoms with Gasteiger partial charge in [0.1, 0.15) is 0 Å². The Morgan fingerprint density at radius 3 is 2.00 bits per heavy atom. The Morgan fingerprint density at radius 2 is 1.35 bits per heavy atom. The molecule has 4 rings (SSSR count). The normalized spacial score (nSPS) is 11.6. The lowest BCUT2D eigenvalue weighted by Crippen LogP contribution is -1.93. The molecular weight excluding hydrogens is 544 g/mol. The molecule has 0 aliphatic carbocycles. The number of alkyl halides is 2. The molecule has 0 aliphatic heterocycles. The van der Waals surface area contributed by atoms with Gasteiger partial charge < -0.3 is 0 Å². The standard InChI is InChI=1S/C17H17Br.C15H15Br/c1-13-3-4-14(2)17(11-13)10-9-15-5-7-16(12-18)8-6-15;16-15(14-9-5-2-6-10-14)12-11-13-7-3-1-4-8-13/h3-11H,12H2,1-2H3;1-10,15H,11-12H2. The van der Waals surface area contributed by atoms with Crippen molar-refractivity contribution in [2.24, 2.45) is 0 Å². The van der Waals surface area contributed by atoms with E-state index < -0.39 is 0 Å². The van der Waals surface area contributed by atoms with Gasteiger partial charge in [0.05, 0.1) is 0 Å². The van der Waals surface area contributed by atoms with Crippen LogP contribution in [-0.2, 0) is 11.8 Å². The first-order valence-electron chi connectivity index (χ1n) is 11.7. The third kappa shape index (κ3) is 8.74. The van der Waals surface area contributed by atoms with E-state index in [0.29, 0.717) is 4.83 Å². The minimum absolute atomic E-state index is 0.453. The van der Waals surface area contributed by atoms with E-state index in [1.54, 1.807) is 0 Å². The first kappa shape index (κ1) is 26.2. The Labute approximate surface area is 222 Å². The Morgan fingerprint density at radius 1 is 0.706 bits per heavy atom. The fourth-order valence-electron chi connectivity index (χ4n) is 3.61. The quantitative estimate of drug-likeness (QED) is 0.152. The minimum Gasteiger partial charge on any atom is -0.0876 e. The van der Waals surface area contributed by atoms with Crippen LogP contribution in [-0.4, -0.2) is 0 Å². The number of rotatable bonds is 7. The van der Waals surface area contributed by atoms with E-state index in [-0.39, 0.29) is 0 Å². The maximum absolute atomic E-state index is 3.74. The average molecular weight is 576 g/mol. The Hall–Kier alpha value is -2.42. The van der Waals surface area contributed by atoms with Crippen LogP contribution in [0.25, 0.3) is 12.2 Å². The second-order valence-corrected chi connectivity index (χ2v) is 10.1. The number of hydrogen-bond donors (Lipinski definition) is 0. The van der Waals surface area contributed by atoms with E-state index in [2.05, 4.69) is 161 Å². The van der Waals surface area contributed by atoms with E-state index in [4.69, 9.17) is 0 Å². The number of halogens is 2. The molecule has 0 N–H and O–H groups in total. The van der Waals surface area contributed by atoms with E-state index in [1.165, 1.54) is 38.9 Å². The molecule has 0 saturated carbocycles. The summed E-state index contributed by atoms with van der Waals surface area (Å²) < 4.78 is 0. The third-order valence-corrected chi connectivity index (χ3v) is 7.35. The van der Waals surface area contributed by atoms with Gasteiger partial charge in [-0.25, -0.2) is 0 Å². The fourth-order valence-corrected chi connectivity index (χ4v) is 4.52. The molecule has 0 bridgehead atoms. The molecule has 0 aliphatic rings. The van der Waals surface area contributed by atoms with Crippen LogP contribution in [0.1, 0.15) is 50.2 Å². The Balaban J connectivity index is 0.000000192. The van der Waals surface area contributed by atoms with E-state index in [9.17, 15) is 0 Å². The molecule has 0 saturated heterocycles. The van der Waals surface area contributed by atoms with Gasteiger partial charge in [0.2, 0.25) is 0 Å². The van der Waals surface area contributed by atoms with Crippen LogP contribution in [0.5, 0.6) is 0 Å². The summed E-state index contributed by atoms with van der Waals surface area (Å²) >= 11 is 7.20. The summed E-state index contributed by atoms with van der Waals surface area (Å²) in [5.41, 5.74) is 9.21. The summed E-state index contributed by atoms with van der Waals surface area (Å²) in [5, 5.41) is 0.911. The molecule has 1 atom stereocenters. The predicted molar refractivity (Wildman–Crippen MR) is 157 cm³/mol. The maximum Gasteiger partial charge on any atom is 0.0398 e. The molecule has 4 aromatic carbocycles. The van der Waals surface area contributed by atoms with Crippen molar-refractivity contribution >= 4 is 44.0 Å². The molecule has 0 amide bonds. The largest absolute Gasteiger partial charge is 0.0876 e. The Kier molecular flexibility index (Phi) is 10.9. The molecular formula is C32H32Br2. The first-order valence-corrected chi connectivity index (χ1v) is 13.7. The summed E-state index contributed by atoms with van der Waals surface area (Å²) in [6.07, 6.45) is 6.60. The van der Waals surface area contributed by atoms with Crippen molar-refractivity contribution in [1.29, 1.82) is 0 Å². The molecule has 0 aromatic heterocycles. The highest BCUT2D eigenvalue weighted by atomic mass is 79.9. The monoisotopic (exact) mass is 574 g/mol. The van der Waals surface area contributed by atoms with Gasteiger partial charge in [-0.15, -0.1) is 0 Å². The maximum atomic E-state index is 3.74. The SMILES string of the molecule is BrC(CCc1ccccc1)c1ccccc1.Cc1ccc(C)c(C=Cc2ccc(CBr)cc2)c1. The first-order chi connectivity index (χ1) is 16.5. The summed E-state index contributed by atoms with van der Waals surface area (Å²) in [7, 11) is 0. The van der Waals surface area contributed by atoms with Crippen LogP contribution in [0.4, 0.5) is 0 Å². The fraction of sp³-hybridized carbons (Fsp3) is 0.188. The molecule has 0 fully saturated rings. The summed E-state index contributed by atoms with van der Waals surface area (Å²) in [5.74, 6) is 0. The van der Waals surface area contributed by atoms with Gasteiger partial charge in [-0.05, 0) is 60.1 Å². The summed E-state index contributed by atoms with van der Waals surface area (Å²) in [6.45, 7) is 4.27. The zero-order chi connectivity index (χ0) is 24.2. The number of aryl methyl sites for hydroxylation is 3. The van der Waals surface area contributed by atoms with Gasteiger partial charge in [-0.1, -0.05) is 153 Å². The molecule has 0 heterocycles. The third-order valence-electron chi connectivity index (χ3n) is 5.71. The highest BCUT2D eigenvalue weighted by Crippen LogP contribution is 2.27. The molecule has 34 heavy (non-hydrogen) atoms. The van der Waals surface area contributed by atoms with Crippen LogP contribution in [0.15, 0.2) is 103 Å². The molecule has 1 unspecified atom stereocenters. The van der Waals surface area contributed by atoms with Gasteiger partial charge in [-0.3, -0.25) is 0 Å². The second kappa shape index (κ2) is 14.1. The summed E-state index contributed by atoms with van der Waals surface area (Å²) in [4.78, 5) is 0.453. The van der Waals surface area contributed by atoms with E-state index >= 15 is 0 Å². The number of hydrogen-bond acceptors (Lipinski definition) is 0. The Bertz CT molecular complexity index is 1150. The van der Waals surface area contributed by atoms with Crippen molar-refractivity contribution in [1.82, 2.24) is 0 Å². The van der Waals surface area contributed by atoms with Crippen molar-refractivity contribution in [2.45, 2.75) is 36.8 Å². The summed E-state index contributed by atoms with van der Waals surface area (Å²) in [6, 6.07) is 36.3. The lowest BCUT2D eigenvalue weighted by Gasteiger charge is -2.09. The molecule has 2 heteroatoms. The highest BCUT2D eigenvalue weighted by molar-refractivity contribution is 9.09. The van der Waals surface area contributed by atoms with Crippen molar-refractivity contribution in [3.05, 3.63) is 142 Å². The van der Waals surface area contributed by atoms with Crippen molar-refractivity contribution in [2.75, 3.05) is 0 Å². The minimum atomic E-state index is 0.453. The second-order valence-electron chi connectivity index (χ2n) is 8.47.